The Morgan fingerprint density at radius 1 is 1.00 bits per heavy atom. The highest BCUT2D eigenvalue weighted by Crippen LogP contribution is 2.39. The van der Waals surface area contributed by atoms with Gasteiger partial charge in [-0.15, -0.1) is 0 Å². The number of amides is 2. The highest BCUT2D eigenvalue weighted by Gasteiger charge is 2.41. The Labute approximate surface area is 166 Å². The lowest BCUT2D eigenvalue weighted by Crippen LogP contribution is -2.34. The number of hydrogen-bond acceptors (Lipinski definition) is 4. The average molecular weight is 385 g/mol. The van der Waals surface area contributed by atoms with Crippen LogP contribution in [0.15, 0.2) is 48.8 Å². The van der Waals surface area contributed by atoms with E-state index in [0.717, 1.165) is 10.9 Å². The fraction of sp³-hybridized carbons (Fsp3) is 0.182. The molecule has 144 valence electrons. The average Bonchev–Trinajstić information content (AvgIpc) is 3.38. The van der Waals surface area contributed by atoms with Crippen LogP contribution in [0.3, 0.4) is 0 Å². The number of hydrogen-bond donors (Lipinski definition) is 2. The van der Waals surface area contributed by atoms with Crippen molar-refractivity contribution in [2.24, 2.45) is 5.92 Å². The number of benzene rings is 1. The summed E-state index contributed by atoms with van der Waals surface area (Å²) in [7, 11) is 0. The number of carbonyl (C=O) groups excluding carboxylic acids is 2. The Bertz CT molecular complexity index is 1220. The van der Waals surface area contributed by atoms with E-state index in [9.17, 15) is 9.59 Å². The molecular formula is C22H19N5O2. The van der Waals surface area contributed by atoms with Crippen LogP contribution >= 0.6 is 0 Å². The van der Waals surface area contributed by atoms with Gasteiger partial charge in [-0.2, -0.15) is 5.10 Å². The molecule has 4 aromatic rings. The van der Waals surface area contributed by atoms with Gasteiger partial charge in [0.15, 0.2) is 5.65 Å². The maximum atomic E-state index is 13.4. The molecule has 29 heavy (non-hydrogen) atoms. The topological polar surface area (TPSA) is 94.7 Å². The minimum Gasteiger partial charge on any atom is -0.361 e. The van der Waals surface area contributed by atoms with Crippen LogP contribution in [0.4, 0.5) is 0 Å². The number of carbonyl (C=O) groups is 2. The SMILES string of the molecule is CC(C)CN1C(=O)C(c2[nH]nc3ncccc23)=C(c2c[nH]c3ccccc23)C1=O. The number of pyridine rings is 1. The third-order valence-corrected chi connectivity index (χ3v) is 5.15. The number of nitrogens with one attached hydrogen (secondary N) is 2. The van der Waals surface area contributed by atoms with Crippen molar-refractivity contribution in [2.45, 2.75) is 13.8 Å². The minimum atomic E-state index is -0.307. The molecule has 7 heteroatoms. The lowest BCUT2D eigenvalue weighted by Gasteiger charge is -2.17. The summed E-state index contributed by atoms with van der Waals surface area (Å²) in [6.07, 6.45) is 3.44. The van der Waals surface area contributed by atoms with E-state index in [4.69, 9.17) is 0 Å². The van der Waals surface area contributed by atoms with Gasteiger partial charge in [0.1, 0.15) is 0 Å². The van der Waals surface area contributed by atoms with Gasteiger partial charge in [-0.1, -0.05) is 32.0 Å². The second kappa shape index (κ2) is 6.41. The number of nitrogens with zero attached hydrogens (tertiary/aromatic N) is 3. The van der Waals surface area contributed by atoms with Crippen LogP contribution in [0, 0.1) is 5.92 Å². The van der Waals surface area contributed by atoms with Gasteiger partial charge in [0.2, 0.25) is 0 Å². The fourth-order valence-electron chi connectivity index (χ4n) is 3.91. The molecule has 2 amide bonds. The van der Waals surface area contributed by atoms with Gasteiger partial charge < -0.3 is 4.98 Å². The lowest BCUT2D eigenvalue weighted by atomic mass is 9.98. The molecule has 1 aliphatic rings. The predicted octanol–water partition coefficient (Wildman–Crippen LogP) is 3.37. The number of aromatic nitrogens is 4. The molecule has 3 aromatic heterocycles. The first-order chi connectivity index (χ1) is 14.1. The van der Waals surface area contributed by atoms with Crippen LogP contribution in [-0.4, -0.2) is 43.4 Å². The molecule has 0 saturated heterocycles. The molecule has 0 fully saturated rings. The smallest absolute Gasteiger partial charge is 0.263 e. The van der Waals surface area contributed by atoms with Crippen molar-refractivity contribution in [2.75, 3.05) is 6.54 Å². The van der Waals surface area contributed by atoms with E-state index >= 15 is 0 Å². The third-order valence-electron chi connectivity index (χ3n) is 5.15. The lowest BCUT2D eigenvalue weighted by molar-refractivity contribution is -0.136. The first kappa shape index (κ1) is 17.4. The molecule has 0 spiro atoms. The van der Waals surface area contributed by atoms with Gasteiger partial charge in [0.05, 0.1) is 16.8 Å². The Balaban J connectivity index is 1.80. The quantitative estimate of drug-likeness (QED) is 0.527. The van der Waals surface area contributed by atoms with Gasteiger partial charge >= 0.3 is 0 Å². The number of H-pyrrole nitrogens is 2. The first-order valence-electron chi connectivity index (χ1n) is 9.52. The molecule has 0 atom stereocenters. The van der Waals surface area contributed by atoms with Crippen molar-refractivity contribution in [1.82, 2.24) is 25.1 Å². The zero-order valence-electron chi connectivity index (χ0n) is 16.1. The van der Waals surface area contributed by atoms with Gasteiger partial charge in [0, 0.05) is 40.8 Å². The van der Waals surface area contributed by atoms with E-state index in [1.807, 2.05) is 44.2 Å². The van der Waals surface area contributed by atoms with Gasteiger partial charge in [-0.05, 0) is 24.1 Å². The number of fused-ring (bicyclic) bond motifs is 2. The summed E-state index contributed by atoms with van der Waals surface area (Å²) in [5, 5.41) is 8.78. The molecule has 7 nitrogen and oxygen atoms in total. The predicted molar refractivity (Wildman–Crippen MR) is 111 cm³/mol. The fourth-order valence-corrected chi connectivity index (χ4v) is 3.91. The standard InChI is InChI=1S/C22H19N5O2/c1-12(2)11-27-21(28)17(15-10-24-16-8-4-3-6-13(15)16)18(22(27)29)19-14-7-5-9-23-20(14)26-25-19/h3-10,12,24H,11H2,1-2H3,(H,23,25,26). The highest BCUT2D eigenvalue weighted by molar-refractivity contribution is 6.50. The van der Waals surface area contributed by atoms with E-state index in [-0.39, 0.29) is 17.7 Å². The Morgan fingerprint density at radius 3 is 2.59 bits per heavy atom. The van der Waals surface area contributed by atoms with Crippen molar-refractivity contribution in [3.8, 4) is 0 Å². The van der Waals surface area contributed by atoms with Crippen LogP contribution in [-0.2, 0) is 9.59 Å². The number of aromatic amines is 2. The van der Waals surface area contributed by atoms with Crippen molar-refractivity contribution >= 4 is 44.9 Å². The first-order valence-corrected chi connectivity index (χ1v) is 9.52. The molecule has 4 heterocycles. The molecule has 0 saturated carbocycles. The monoisotopic (exact) mass is 385 g/mol. The Morgan fingerprint density at radius 2 is 1.76 bits per heavy atom. The summed E-state index contributed by atoms with van der Waals surface area (Å²) in [5.41, 5.74) is 3.40. The second-order valence-corrected chi connectivity index (χ2v) is 7.59. The molecule has 0 unspecified atom stereocenters. The van der Waals surface area contributed by atoms with Gasteiger partial charge in [0.25, 0.3) is 11.8 Å². The molecular weight excluding hydrogens is 366 g/mol. The largest absolute Gasteiger partial charge is 0.361 e. The van der Waals surface area contributed by atoms with Crippen molar-refractivity contribution in [3.63, 3.8) is 0 Å². The number of imide groups is 1. The summed E-state index contributed by atoms with van der Waals surface area (Å²) in [4.78, 5) is 35.6. The number of para-hydroxylation sites is 1. The van der Waals surface area contributed by atoms with Gasteiger partial charge in [-0.25, -0.2) is 4.98 Å². The minimum absolute atomic E-state index is 0.159. The number of rotatable bonds is 4. The molecule has 5 rings (SSSR count). The molecule has 0 aliphatic carbocycles. The van der Waals surface area contributed by atoms with Crippen LogP contribution < -0.4 is 0 Å². The Kier molecular flexibility index (Phi) is 3.84. The van der Waals surface area contributed by atoms with E-state index in [1.54, 1.807) is 18.5 Å². The second-order valence-electron chi connectivity index (χ2n) is 7.59. The van der Waals surface area contributed by atoms with Crippen LogP contribution in [0.2, 0.25) is 0 Å². The van der Waals surface area contributed by atoms with E-state index in [2.05, 4.69) is 20.2 Å². The maximum Gasteiger partial charge on any atom is 0.263 e. The van der Waals surface area contributed by atoms with Crippen molar-refractivity contribution in [3.05, 3.63) is 60.0 Å². The van der Waals surface area contributed by atoms with Gasteiger partial charge in [-0.3, -0.25) is 19.6 Å². The molecule has 0 radical (unpaired) electrons. The highest BCUT2D eigenvalue weighted by atomic mass is 16.2. The van der Waals surface area contributed by atoms with E-state index in [0.29, 0.717) is 40.0 Å². The van der Waals surface area contributed by atoms with Crippen molar-refractivity contribution < 1.29 is 9.59 Å². The summed E-state index contributed by atoms with van der Waals surface area (Å²) in [6, 6.07) is 11.4. The maximum absolute atomic E-state index is 13.4. The molecule has 2 N–H and O–H groups in total. The van der Waals surface area contributed by atoms with E-state index < -0.39 is 0 Å². The molecule has 1 aliphatic heterocycles. The summed E-state index contributed by atoms with van der Waals surface area (Å²) in [6.45, 7) is 4.33. The molecule has 0 bridgehead atoms. The zero-order chi connectivity index (χ0) is 20.1. The van der Waals surface area contributed by atoms with E-state index in [1.165, 1.54) is 4.90 Å². The van der Waals surface area contributed by atoms with Crippen molar-refractivity contribution in [1.29, 1.82) is 0 Å². The summed E-state index contributed by atoms with van der Waals surface area (Å²) >= 11 is 0. The zero-order valence-corrected chi connectivity index (χ0v) is 16.1. The van der Waals surface area contributed by atoms with Crippen LogP contribution in [0.1, 0.15) is 25.1 Å². The normalized spacial score (nSPS) is 14.9. The van der Waals surface area contributed by atoms with Crippen LogP contribution in [0.5, 0.6) is 0 Å². The summed E-state index contributed by atoms with van der Waals surface area (Å²) < 4.78 is 0. The third kappa shape index (κ3) is 2.58. The molecule has 1 aromatic carbocycles. The Hall–Kier alpha value is -3.74. The summed E-state index contributed by atoms with van der Waals surface area (Å²) in [5.74, 6) is -0.430. The van der Waals surface area contributed by atoms with Crippen LogP contribution in [0.25, 0.3) is 33.1 Å².